The molecule has 0 radical (unpaired) electrons. The molecule has 0 saturated heterocycles. The number of unbranched alkanes of at least 4 members (excludes halogenated alkanes) is 1. The van der Waals surface area contributed by atoms with Crippen LogP contribution in [0.4, 0.5) is 0 Å². The van der Waals surface area contributed by atoms with Gasteiger partial charge in [0, 0.05) is 12.7 Å². The Morgan fingerprint density at radius 1 is 1.47 bits per heavy atom. The second-order valence-corrected chi connectivity index (χ2v) is 3.37. The normalized spacial score (nSPS) is 10.8. The number of aliphatic hydroxyl groups excluding tert-OH is 1. The molecule has 0 amide bonds. The molecule has 6 heteroatoms. The van der Waals surface area contributed by atoms with E-state index >= 15 is 0 Å². The summed E-state index contributed by atoms with van der Waals surface area (Å²) >= 11 is 0. The molecular weight excluding hydrogens is 194 g/mol. The summed E-state index contributed by atoms with van der Waals surface area (Å²) in [7, 11) is 0. The van der Waals surface area contributed by atoms with E-state index in [9.17, 15) is 0 Å². The van der Waals surface area contributed by atoms with Crippen LogP contribution in [-0.2, 0) is 13.1 Å². The summed E-state index contributed by atoms with van der Waals surface area (Å²) < 4.78 is 1.64. The van der Waals surface area contributed by atoms with Crippen molar-refractivity contribution < 1.29 is 5.11 Å². The first kappa shape index (κ1) is 12.1. The van der Waals surface area contributed by atoms with Gasteiger partial charge in [0.25, 0.3) is 0 Å². The van der Waals surface area contributed by atoms with Crippen LogP contribution in [0.1, 0.15) is 18.5 Å². The molecule has 1 heterocycles. The van der Waals surface area contributed by atoms with Crippen LogP contribution in [0, 0.1) is 0 Å². The summed E-state index contributed by atoms with van der Waals surface area (Å²) in [6.45, 7) is 3.00. The molecule has 15 heavy (non-hydrogen) atoms. The second kappa shape index (κ2) is 7.33. The zero-order chi connectivity index (χ0) is 10.9. The average Bonchev–Trinajstić information content (AvgIpc) is 2.66. The molecular formula is C9H19N5O. The van der Waals surface area contributed by atoms with E-state index in [2.05, 4.69) is 15.6 Å². The minimum Gasteiger partial charge on any atom is -0.394 e. The molecule has 0 bridgehead atoms. The quantitative estimate of drug-likeness (QED) is 0.487. The lowest BCUT2D eigenvalue weighted by atomic mass is 10.3. The standard InChI is InChI=1S/C9H19N5O/c10-3-1-2-4-11-7-9-8-14(5-6-15)13-12-9/h8,11,15H,1-7,10H2. The third-order valence-corrected chi connectivity index (χ3v) is 2.03. The van der Waals surface area contributed by atoms with Crippen molar-refractivity contribution in [2.75, 3.05) is 19.7 Å². The van der Waals surface area contributed by atoms with Gasteiger partial charge < -0.3 is 16.2 Å². The van der Waals surface area contributed by atoms with Crippen LogP contribution in [0.3, 0.4) is 0 Å². The zero-order valence-corrected chi connectivity index (χ0v) is 8.89. The molecule has 86 valence electrons. The summed E-state index contributed by atoms with van der Waals surface area (Å²) in [6, 6.07) is 0. The van der Waals surface area contributed by atoms with Crippen LogP contribution < -0.4 is 11.1 Å². The number of aromatic nitrogens is 3. The van der Waals surface area contributed by atoms with Gasteiger partial charge in [0.05, 0.1) is 18.8 Å². The Kier molecular flexibility index (Phi) is 5.91. The van der Waals surface area contributed by atoms with Crippen LogP contribution in [-0.4, -0.2) is 39.8 Å². The van der Waals surface area contributed by atoms with Gasteiger partial charge in [-0.15, -0.1) is 5.10 Å². The lowest BCUT2D eigenvalue weighted by molar-refractivity contribution is 0.268. The number of nitrogens with two attached hydrogens (primary N) is 1. The molecule has 0 atom stereocenters. The maximum Gasteiger partial charge on any atom is 0.0964 e. The van der Waals surface area contributed by atoms with E-state index in [4.69, 9.17) is 10.8 Å². The van der Waals surface area contributed by atoms with Gasteiger partial charge in [-0.2, -0.15) is 0 Å². The van der Waals surface area contributed by atoms with Crippen molar-refractivity contribution in [2.45, 2.75) is 25.9 Å². The third-order valence-electron chi connectivity index (χ3n) is 2.03. The van der Waals surface area contributed by atoms with E-state index in [0.717, 1.165) is 38.2 Å². The van der Waals surface area contributed by atoms with Gasteiger partial charge in [0.15, 0.2) is 0 Å². The van der Waals surface area contributed by atoms with Gasteiger partial charge in [0.2, 0.25) is 0 Å². The van der Waals surface area contributed by atoms with Crippen molar-refractivity contribution in [1.82, 2.24) is 20.3 Å². The number of hydrogen-bond acceptors (Lipinski definition) is 5. The summed E-state index contributed by atoms with van der Waals surface area (Å²) in [4.78, 5) is 0. The molecule has 1 rings (SSSR count). The topological polar surface area (TPSA) is 89.0 Å². The molecule has 4 N–H and O–H groups in total. The Morgan fingerprint density at radius 3 is 3.07 bits per heavy atom. The highest BCUT2D eigenvalue weighted by atomic mass is 16.3. The van der Waals surface area contributed by atoms with Crippen molar-refractivity contribution >= 4 is 0 Å². The van der Waals surface area contributed by atoms with Crippen molar-refractivity contribution in [3.63, 3.8) is 0 Å². The molecule has 0 aliphatic rings. The van der Waals surface area contributed by atoms with Gasteiger partial charge >= 0.3 is 0 Å². The number of nitrogens with zero attached hydrogens (tertiary/aromatic N) is 3. The molecule has 0 spiro atoms. The molecule has 1 aromatic rings. The molecule has 0 aromatic carbocycles. The highest BCUT2D eigenvalue weighted by Gasteiger charge is 1.98. The van der Waals surface area contributed by atoms with E-state index < -0.39 is 0 Å². The summed E-state index contributed by atoms with van der Waals surface area (Å²) in [5.74, 6) is 0. The summed E-state index contributed by atoms with van der Waals surface area (Å²) in [5.41, 5.74) is 6.28. The van der Waals surface area contributed by atoms with E-state index in [1.54, 1.807) is 4.68 Å². The number of nitrogens with one attached hydrogen (secondary N) is 1. The smallest absolute Gasteiger partial charge is 0.0964 e. The van der Waals surface area contributed by atoms with E-state index in [1.807, 2.05) is 6.20 Å². The fraction of sp³-hybridized carbons (Fsp3) is 0.778. The molecule has 0 aliphatic heterocycles. The first-order valence-electron chi connectivity index (χ1n) is 5.27. The van der Waals surface area contributed by atoms with Crippen molar-refractivity contribution in [3.8, 4) is 0 Å². The van der Waals surface area contributed by atoms with Crippen LogP contribution >= 0.6 is 0 Å². The lowest BCUT2D eigenvalue weighted by Crippen LogP contribution is -2.16. The second-order valence-electron chi connectivity index (χ2n) is 3.37. The highest BCUT2D eigenvalue weighted by Crippen LogP contribution is 1.92. The Morgan fingerprint density at radius 2 is 2.33 bits per heavy atom. The highest BCUT2D eigenvalue weighted by molar-refractivity contribution is 4.91. The molecule has 1 aromatic heterocycles. The Bertz CT molecular complexity index is 263. The lowest BCUT2D eigenvalue weighted by Gasteiger charge is -2.00. The van der Waals surface area contributed by atoms with E-state index in [0.29, 0.717) is 6.54 Å². The Hall–Kier alpha value is -0.980. The largest absolute Gasteiger partial charge is 0.394 e. The number of rotatable bonds is 8. The summed E-state index contributed by atoms with van der Waals surface area (Å²) in [5, 5.41) is 19.8. The van der Waals surface area contributed by atoms with E-state index in [1.165, 1.54) is 0 Å². The maximum atomic E-state index is 8.69. The van der Waals surface area contributed by atoms with Crippen LogP contribution in [0.5, 0.6) is 0 Å². The van der Waals surface area contributed by atoms with Crippen LogP contribution in [0.2, 0.25) is 0 Å². The van der Waals surface area contributed by atoms with Crippen molar-refractivity contribution in [1.29, 1.82) is 0 Å². The predicted molar refractivity (Wildman–Crippen MR) is 57.1 cm³/mol. The minimum absolute atomic E-state index is 0.0900. The minimum atomic E-state index is 0.0900. The van der Waals surface area contributed by atoms with Gasteiger partial charge in [0.1, 0.15) is 0 Å². The fourth-order valence-corrected chi connectivity index (χ4v) is 1.24. The molecule has 0 unspecified atom stereocenters. The number of aliphatic hydroxyl groups is 1. The number of hydrogen-bond donors (Lipinski definition) is 3. The molecule has 6 nitrogen and oxygen atoms in total. The van der Waals surface area contributed by atoms with Gasteiger partial charge in [-0.05, 0) is 25.9 Å². The van der Waals surface area contributed by atoms with Gasteiger partial charge in [-0.3, -0.25) is 0 Å². The maximum absolute atomic E-state index is 8.69. The Labute approximate surface area is 89.5 Å². The zero-order valence-electron chi connectivity index (χ0n) is 8.89. The molecule has 0 fully saturated rings. The molecule has 0 aliphatic carbocycles. The van der Waals surface area contributed by atoms with Crippen molar-refractivity contribution in [2.24, 2.45) is 5.73 Å². The predicted octanol–water partition coefficient (Wildman–Crippen LogP) is -0.901. The monoisotopic (exact) mass is 213 g/mol. The first-order chi connectivity index (χ1) is 7.36. The molecule has 0 saturated carbocycles. The summed E-state index contributed by atoms with van der Waals surface area (Å²) in [6.07, 6.45) is 3.97. The van der Waals surface area contributed by atoms with Crippen LogP contribution in [0.25, 0.3) is 0 Å². The fourth-order valence-electron chi connectivity index (χ4n) is 1.24. The SMILES string of the molecule is NCCCCNCc1cn(CCO)nn1. The first-order valence-corrected chi connectivity index (χ1v) is 5.27. The Balaban J connectivity index is 2.14. The van der Waals surface area contributed by atoms with Gasteiger partial charge in [-0.25, -0.2) is 4.68 Å². The van der Waals surface area contributed by atoms with Gasteiger partial charge in [-0.1, -0.05) is 5.21 Å². The van der Waals surface area contributed by atoms with E-state index in [-0.39, 0.29) is 6.61 Å². The van der Waals surface area contributed by atoms with Crippen LogP contribution in [0.15, 0.2) is 6.20 Å². The third kappa shape index (κ3) is 4.87. The van der Waals surface area contributed by atoms with Crippen molar-refractivity contribution in [3.05, 3.63) is 11.9 Å². The average molecular weight is 213 g/mol.